The SMILES string of the molecule is CCCCOC(=O)N(CCC(C)C)Cc1ccc(Oc2ccc3c(c2)OC(C)(C)OC3=O)c(F)c1. The lowest BCUT2D eigenvalue weighted by molar-refractivity contribution is -0.127. The number of hydrogen-bond acceptors (Lipinski definition) is 6. The third-order valence-electron chi connectivity index (χ3n) is 5.42. The first-order chi connectivity index (χ1) is 16.6. The molecule has 3 rings (SSSR count). The van der Waals surface area contributed by atoms with Crippen molar-refractivity contribution in [3.8, 4) is 17.2 Å². The Hall–Kier alpha value is -3.29. The van der Waals surface area contributed by atoms with Gasteiger partial charge in [-0.2, -0.15) is 0 Å². The largest absolute Gasteiger partial charge is 0.454 e. The number of amides is 1. The summed E-state index contributed by atoms with van der Waals surface area (Å²) < 4.78 is 36.9. The summed E-state index contributed by atoms with van der Waals surface area (Å²) in [5.41, 5.74) is 0.907. The van der Waals surface area contributed by atoms with Crippen molar-refractivity contribution in [2.24, 2.45) is 5.92 Å². The first-order valence-corrected chi connectivity index (χ1v) is 12.0. The number of carbonyl (C=O) groups excluding carboxylic acids is 2. The van der Waals surface area contributed by atoms with E-state index in [-0.39, 0.29) is 17.9 Å². The van der Waals surface area contributed by atoms with E-state index in [0.717, 1.165) is 19.3 Å². The molecular formula is C27H34FNO6. The fourth-order valence-corrected chi connectivity index (χ4v) is 3.50. The van der Waals surface area contributed by atoms with Gasteiger partial charge in [0.05, 0.1) is 6.61 Å². The van der Waals surface area contributed by atoms with Crippen LogP contribution in [0.4, 0.5) is 9.18 Å². The molecule has 2 aromatic carbocycles. The molecule has 35 heavy (non-hydrogen) atoms. The van der Waals surface area contributed by atoms with Gasteiger partial charge in [0, 0.05) is 33.0 Å². The summed E-state index contributed by atoms with van der Waals surface area (Å²) >= 11 is 0. The number of carbonyl (C=O) groups is 2. The molecule has 0 bridgehead atoms. The van der Waals surface area contributed by atoms with Crippen LogP contribution in [0, 0.1) is 11.7 Å². The zero-order chi connectivity index (χ0) is 25.6. The normalized spacial score (nSPS) is 14.1. The standard InChI is InChI=1S/C27H34FNO6/c1-6-7-14-32-26(31)29(13-12-18(2)3)17-19-8-11-23(22(28)15-19)33-20-9-10-21-24(16-20)34-27(4,5)35-25(21)30/h8-11,15-16,18H,6-7,12-14,17H2,1-5H3. The Balaban J connectivity index is 1.71. The monoisotopic (exact) mass is 487 g/mol. The average Bonchev–Trinajstić information content (AvgIpc) is 2.77. The van der Waals surface area contributed by atoms with Crippen molar-refractivity contribution in [1.82, 2.24) is 4.90 Å². The van der Waals surface area contributed by atoms with Gasteiger partial charge in [-0.25, -0.2) is 14.0 Å². The van der Waals surface area contributed by atoms with Crippen LogP contribution in [0.15, 0.2) is 36.4 Å². The van der Waals surface area contributed by atoms with Crippen LogP contribution in [-0.2, 0) is 16.0 Å². The lowest BCUT2D eigenvalue weighted by atomic mass is 10.1. The maximum absolute atomic E-state index is 14.9. The average molecular weight is 488 g/mol. The van der Waals surface area contributed by atoms with Crippen LogP contribution < -0.4 is 9.47 Å². The fraction of sp³-hybridized carbons (Fsp3) is 0.481. The van der Waals surface area contributed by atoms with Gasteiger partial charge >= 0.3 is 12.1 Å². The van der Waals surface area contributed by atoms with Gasteiger partial charge in [0.25, 0.3) is 0 Å². The lowest BCUT2D eigenvalue weighted by Crippen LogP contribution is -2.38. The molecular weight excluding hydrogens is 453 g/mol. The molecule has 1 aliphatic rings. The van der Waals surface area contributed by atoms with E-state index in [1.807, 2.05) is 6.92 Å². The van der Waals surface area contributed by atoms with E-state index in [2.05, 4.69) is 13.8 Å². The second-order valence-corrected chi connectivity index (χ2v) is 9.49. The van der Waals surface area contributed by atoms with Gasteiger partial charge in [0.1, 0.15) is 17.1 Å². The minimum Gasteiger partial charge on any atom is -0.454 e. The maximum Gasteiger partial charge on any atom is 0.410 e. The third-order valence-corrected chi connectivity index (χ3v) is 5.42. The van der Waals surface area contributed by atoms with Crippen molar-refractivity contribution in [1.29, 1.82) is 0 Å². The van der Waals surface area contributed by atoms with E-state index >= 15 is 0 Å². The summed E-state index contributed by atoms with van der Waals surface area (Å²) in [4.78, 5) is 26.3. The molecule has 0 aliphatic carbocycles. The minimum absolute atomic E-state index is 0.0191. The fourth-order valence-electron chi connectivity index (χ4n) is 3.50. The second kappa shape index (κ2) is 11.4. The van der Waals surface area contributed by atoms with Gasteiger partial charge < -0.3 is 23.8 Å². The van der Waals surface area contributed by atoms with Gasteiger partial charge in [-0.3, -0.25) is 0 Å². The number of fused-ring (bicyclic) bond motifs is 1. The molecule has 1 heterocycles. The Morgan fingerprint density at radius 1 is 1.14 bits per heavy atom. The zero-order valence-electron chi connectivity index (χ0n) is 21.1. The van der Waals surface area contributed by atoms with Crippen LogP contribution in [-0.4, -0.2) is 35.9 Å². The van der Waals surface area contributed by atoms with Crippen LogP contribution in [0.2, 0.25) is 0 Å². The smallest absolute Gasteiger partial charge is 0.410 e. The molecule has 8 heteroatoms. The highest BCUT2D eigenvalue weighted by Gasteiger charge is 2.34. The van der Waals surface area contributed by atoms with Crippen LogP contribution in [0.25, 0.3) is 0 Å². The first-order valence-electron chi connectivity index (χ1n) is 12.0. The predicted octanol–water partition coefficient (Wildman–Crippen LogP) is 6.69. The Morgan fingerprint density at radius 3 is 2.60 bits per heavy atom. The second-order valence-electron chi connectivity index (χ2n) is 9.49. The van der Waals surface area contributed by atoms with E-state index in [0.29, 0.717) is 36.1 Å². The highest BCUT2D eigenvalue weighted by molar-refractivity contribution is 5.93. The number of unbranched alkanes of at least 4 members (excludes halogenated alkanes) is 1. The molecule has 190 valence electrons. The van der Waals surface area contributed by atoms with Gasteiger partial charge in [-0.05, 0) is 48.6 Å². The first kappa shape index (κ1) is 26.3. The van der Waals surface area contributed by atoms with Crippen molar-refractivity contribution in [2.75, 3.05) is 13.2 Å². The summed E-state index contributed by atoms with van der Waals surface area (Å²) in [5, 5.41) is 0. The summed E-state index contributed by atoms with van der Waals surface area (Å²) in [6.07, 6.45) is 2.16. The van der Waals surface area contributed by atoms with Crippen molar-refractivity contribution < 1.29 is 32.9 Å². The Bertz CT molecular complexity index is 1050. The van der Waals surface area contributed by atoms with Crippen molar-refractivity contribution >= 4 is 12.1 Å². The Kier molecular flexibility index (Phi) is 8.59. The van der Waals surface area contributed by atoms with Crippen LogP contribution in [0.1, 0.15) is 69.8 Å². The molecule has 0 atom stereocenters. The molecule has 0 fully saturated rings. The lowest BCUT2D eigenvalue weighted by Gasteiger charge is -2.31. The minimum atomic E-state index is -1.10. The topological polar surface area (TPSA) is 74.3 Å². The summed E-state index contributed by atoms with van der Waals surface area (Å²) in [7, 11) is 0. The number of benzene rings is 2. The molecule has 1 aliphatic heterocycles. The van der Waals surface area contributed by atoms with Crippen molar-refractivity contribution in [2.45, 2.75) is 66.2 Å². The highest BCUT2D eigenvalue weighted by atomic mass is 19.1. The molecule has 0 radical (unpaired) electrons. The number of hydrogen-bond donors (Lipinski definition) is 0. The number of nitrogens with zero attached hydrogens (tertiary/aromatic N) is 1. The number of cyclic esters (lactones) is 1. The number of rotatable bonds is 10. The molecule has 1 amide bonds. The molecule has 7 nitrogen and oxygen atoms in total. The summed E-state index contributed by atoms with van der Waals surface area (Å²) in [6, 6.07) is 9.19. The van der Waals surface area contributed by atoms with Crippen LogP contribution in [0.5, 0.6) is 17.2 Å². The van der Waals surface area contributed by atoms with E-state index in [1.54, 1.807) is 30.9 Å². The molecule has 0 spiro atoms. The van der Waals surface area contributed by atoms with Crippen LogP contribution in [0.3, 0.4) is 0 Å². The van der Waals surface area contributed by atoms with Gasteiger partial charge in [0.15, 0.2) is 11.6 Å². The molecule has 0 aromatic heterocycles. The highest BCUT2D eigenvalue weighted by Crippen LogP contribution is 2.36. The van der Waals surface area contributed by atoms with E-state index in [1.165, 1.54) is 24.3 Å². The number of ether oxygens (including phenoxy) is 4. The molecule has 0 N–H and O–H groups in total. The Morgan fingerprint density at radius 2 is 1.91 bits per heavy atom. The molecule has 2 aromatic rings. The third kappa shape index (κ3) is 7.34. The van der Waals surface area contributed by atoms with E-state index in [4.69, 9.17) is 18.9 Å². The van der Waals surface area contributed by atoms with E-state index < -0.39 is 23.7 Å². The zero-order valence-corrected chi connectivity index (χ0v) is 21.1. The van der Waals surface area contributed by atoms with Crippen molar-refractivity contribution in [3.63, 3.8) is 0 Å². The molecule has 0 saturated carbocycles. The quantitative estimate of drug-likeness (QED) is 0.275. The predicted molar refractivity (Wildman–Crippen MR) is 129 cm³/mol. The molecule has 0 unspecified atom stereocenters. The van der Waals surface area contributed by atoms with Gasteiger partial charge in [-0.1, -0.05) is 33.3 Å². The van der Waals surface area contributed by atoms with Gasteiger partial charge in [0.2, 0.25) is 5.79 Å². The maximum atomic E-state index is 14.9. The Labute approximate surface area is 206 Å². The van der Waals surface area contributed by atoms with E-state index in [9.17, 15) is 14.0 Å². The summed E-state index contributed by atoms with van der Waals surface area (Å²) in [6.45, 7) is 10.6. The number of esters is 1. The number of halogens is 1. The van der Waals surface area contributed by atoms with Crippen LogP contribution >= 0.6 is 0 Å². The summed E-state index contributed by atoms with van der Waals surface area (Å²) in [5.74, 6) is -1.10. The van der Waals surface area contributed by atoms with Gasteiger partial charge in [-0.15, -0.1) is 0 Å². The van der Waals surface area contributed by atoms with Crippen molar-refractivity contribution in [3.05, 3.63) is 53.3 Å². The molecule has 0 saturated heterocycles.